The smallest absolute Gasteiger partial charge is 0.141 e. The summed E-state index contributed by atoms with van der Waals surface area (Å²) in [7, 11) is 0. The van der Waals surface area contributed by atoms with Gasteiger partial charge in [-0.25, -0.2) is 0 Å². The SMILES string of the molecule is CC(C)(C)CCCOC1CC(C(=O)C(C)(C)C)C1. The molecule has 2 heteroatoms. The van der Waals surface area contributed by atoms with Crippen LogP contribution in [0.15, 0.2) is 0 Å². The first kappa shape index (κ1) is 15.7. The van der Waals surface area contributed by atoms with Crippen molar-refractivity contribution in [2.75, 3.05) is 6.61 Å². The van der Waals surface area contributed by atoms with E-state index in [4.69, 9.17) is 4.74 Å². The molecule has 0 atom stereocenters. The molecule has 0 saturated heterocycles. The molecule has 0 amide bonds. The Labute approximate surface area is 112 Å². The number of carbonyl (C=O) groups excluding carboxylic acids is 1. The van der Waals surface area contributed by atoms with E-state index in [1.165, 1.54) is 6.42 Å². The van der Waals surface area contributed by atoms with Crippen molar-refractivity contribution in [1.82, 2.24) is 0 Å². The Morgan fingerprint density at radius 3 is 2.11 bits per heavy atom. The number of Topliss-reactive ketones (excluding diaryl/α,β-unsaturated/α-hetero) is 1. The van der Waals surface area contributed by atoms with Crippen LogP contribution in [0.5, 0.6) is 0 Å². The maximum atomic E-state index is 12.0. The second-order valence-electron chi connectivity index (χ2n) is 7.94. The first-order valence-electron chi connectivity index (χ1n) is 7.25. The van der Waals surface area contributed by atoms with Gasteiger partial charge in [0.05, 0.1) is 6.10 Å². The van der Waals surface area contributed by atoms with Crippen LogP contribution in [0.25, 0.3) is 0 Å². The zero-order chi connectivity index (χ0) is 14.0. The van der Waals surface area contributed by atoms with Gasteiger partial charge in [-0.3, -0.25) is 4.79 Å². The quantitative estimate of drug-likeness (QED) is 0.686. The molecule has 1 aliphatic carbocycles. The van der Waals surface area contributed by atoms with Gasteiger partial charge >= 0.3 is 0 Å². The fourth-order valence-corrected chi connectivity index (χ4v) is 2.38. The summed E-state index contributed by atoms with van der Waals surface area (Å²) < 4.78 is 5.81. The van der Waals surface area contributed by atoms with Crippen molar-refractivity contribution in [1.29, 1.82) is 0 Å². The molecule has 0 unspecified atom stereocenters. The van der Waals surface area contributed by atoms with E-state index in [2.05, 4.69) is 20.8 Å². The predicted octanol–water partition coefficient (Wildman–Crippen LogP) is 4.22. The Morgan fingerprint density at radius 2 is 1.67 bits per heavy atom. The number of hydrogen-bond acceptors (Lipinski definition) is 2. The van der Waals surface area contributed by atoms with Crippen molar-refractivity contribution >= 4 is 5.78 Å². The summed E-state index contributed by atoms with van der Waals surface area (Å²) in [6.07, 6.45) is 4.53. The summed E-state index contributed by atoms with van der Waals surface area (Å²) in [5.41, 5.74) is 0.204. The number of hydrogen-bond donors (Lipinski definition) is 0. The van der Waals surface area contributed by atoms with E-state index in [-0.39, 0.29) is 11.3 Å². The highest BCUT2D eigenvalue weighted by atomic mass is 16.5. The zero-order valence-electron chi connectivity index (χ0n) is 13.0. The molecule has 0 spiro atoms. The lowest BCUT2D eigenvalue weighted by Crippen LogP contribution is -2.41. The third-order valence-corrected chi connectivity index (χ3v) is 3.63. The van der Waals surface area contributed by atoms with E-state index < -0.39 is 0 Å². The first-order chi connectivity index (χ1) is 8.09. The van der Waals surface area contributed by atoms with E-state index in [1.54, 1.807) is 0 Å². The highest BCUT2D eigenvalue weighted by molar-refractivity contribution is 5.86. The minimum atomic E-state index is -0.193. The summed E-state index contributed by atoms with van der Waals surface area (Å²) in [4.78, 5) is 12.0. The molecule has 106 valence electrons. The Hall–Kier alpha value is -0.370. The van der Waals surface area contributed by atoms with Crippen LogP contribution in [-0.2, 0) is 9.53 Å². The Kier molecular flexibility index (Phi) is 4.99. The van der Waals surface area contributed by atoms with E-state index in [0.717, 1.165) is 25.9 Å². The summed E-state index contributed by atoms with van der Waals surface area (Å²) >= 11 is 0. The van der Waals surface area contributed by atoms with E-state index in [0.29, 0.717) is 17.3 Å². The van der Waals surface area contributed by atoms with Gasteiger partial charge < -0.3 is 4.74 Å². The van der Waals surface area contributed by atoms with Crippen LogP contribution in [0.1, 0.15) is 67.2 Å². The lowest BCUT2D eigenvalue weighted by atomic mass is 9.71. The van der Waals surface area contributed by atoms with Gasteiger partial charge in [-0.2, -0.15) is 0 Å². The predicted molar refractivity (Wildman–Crippen MR) is 75.6 cm³/mol. The van der Waals surface area contributed by atoms with E-state index in [9.17, 15) is 4.79 Å². The fraction of sp³-hybridized carbons (Fsp3) is 0.938. The molecule has 0 heterocycles. The van der Waals surface area contributed by atoms with Gasteiger partial charge in [-0.1, -0.05) is 41.5 Å². The molecule has 1 fully saturated rings. The highest BCUT2D eigenvalue weighted by Crippen LogP contribution is 2.36. The highest BCUT2D eigenvalue weighted by Gasteiger charge is 2.39. The molecule has 1 saturated carbocycles. The summed E-state index contributed by atoms with van der Waals surface area (Å²) in [6, 6.07) is 0. The van der Waals surface area contributed by atoms with Gasteiger partial charge in [0, 0.05) is 17.9 Å². The molecule has 1 aliphatic rings. The minimum Gasteiger partial charge on any atom is -0.378 e. The summed E-state index contributed by atoms with van der Waals surface area (Å²) in [6.45, 7) is 13.6. The maximum absolute atomic E-state index is 12.0. The molecule has 0 aromatic heterocycles. The fourth-order valence-electron chi connectivity index (χ4n) is 2.38. The molecular formula is C16H30O2. The standard InChI is InChI=1S/C16H30O2/c1-15(2,3)8-7-9-18-13-10-12(11-13)14(17)16(4,5)6/h12-13H,7-11H2,1-6H3. The topological polar surface area (TPSA) is 26.3 Å². The monoisotopic (exact) mass is 254 g/mol. The van der Waals surface area contributed by atoms with Crippen molar-refractivity contribution in [3.63, 3.8) is 0 Å². The first-order valence-corrected chi connectivity index (χ1v) is 7.25. The molecule has 2 nitrogen and oxygen atoms in total. The second-order valence-corrected chi connectivity index (χ2v) is 7.94. The minimum absolute atomic E-state index is 0.193. The van der Waals surface area contributed by atoms with E-state index in [1.807, 2.05) is 20.8 Å². The maximum Gasteiger partial charge on any atom is 0.141 e. The Morgan fingerprint density at radius 1 is 1.11 bits per heavy atom. The molecule has 0 N–H and O–H groups in total. The van der Waals surface area contributed by atoms with Crippen LogP contribution in [0.2, 0.25) is 0 Å². The third kappa shape index (κ3) is 5.09. The average Bonchev–Trinajstić information content (AvgIpc) is 2.10. The van der Waals surface area contributed by atoms with Crippen LogP contribution >= 0.6 is 0 Å². The van der Waals surface area contributed by atoms with Crippen LogP contribution in [0, 0.1) is 16.7 Å². The molecule has 0 aromatic carbocycles. The molecule has 0 bridgehead atoms. The molecule has 0 radical (unpaired) electrons. The number of rotatable bonds is 5. The van der Waals surface area contributed by atoms with Gasteiger partial charge in [-0.05, 0) is 31.1 Å². The van der Waals surface area contributed by atoms with Gasteiger partial charge in [-0.15, -0.1) is 0 Å². The van der Waals surface area contributed by atoms with Gasteiger partial charge in [0.25, 0.3) is 0 Å². The molecule has 0 aliphatic heterocycles. The molecule has 1 rings (SSSR count). The van der Waals surface area contributed by atoms with Crippen molar-refractivity contribution in [3.8, 4) is 0 Å². The zero-order valence-corrected chi connectivity index (χ0v) is 13.0. The average molecular weight is 254 g/mol. The van der Waals surface area contributed by atoms with Gasteiger partial charge in [0.2, 0.25) is 0 Å². The van der Waals surface area contributed by atoms with Crippen molar-refractivity contribution < 1.29 is 9.53 Å². The van der Waals surface area contributed by atoms with E-state index >= 15 is 0 Å². The lowest BCUT2D eigenvalue weighted by Gasteiger charge is -2.37. The number of carbonyl (C=O) groups is 1. The van der Waals surface area contributed by atoms with Crippen molar-refractivity contribution in [3.05, 3.63) is 0 Å². The largest absolute Gasteiger partial charge is 0.378 e. The summed E-state index contributed by atoms with van der Waals surface area (Å²) in [5.74, 6) is 0.648. The van der Waals surface area contributed by atoms with Gasteiger partial charge in [0.1, 0.15) is 5.78 Å². The van der Waals surface area contributed by atoms with Gasteiger partial charge in [0.15, 0.2) is 0 Å². The van der Waals surface area contributed by atoms with Crippen molar-refractivity contribution in [2.24, 2.45) is 16.7 Å². The van der Waals surface area contributed by atoms with Crippen LogP contribution < -0.4 is 0 Å². The molecular weight excluding hydrogens is 224 g/mol. The van der Waals surface area contributed by atoms with Crippen LogP contribution in [-0.4, -0.2) is 18.5 Å². The van der Waals surface area contributed by atoms with Crippen molar-refractivity contribution in [2.45, 2.75) is 73.3 Å². The third-order valence-electron chi connectivity index (χ3n) is 3.63. The molecule has 18 heavy (non-hydrogen) atoms. The second kappa shape index (κ2) is 5.73. The lowest BCUT2D eigenvalue weighted by molar-refractivity contribution is -0.139. The summed E-state index contributed by atoms with van der Waals surface area (Å²) in [5, 5.41) is 0. The Balaban J connectivity index is 2.11. The Bertz CT molecular complexity index is 274. The number of ketones is 1. The molecule has 0 aromatic rings. The number of ether oxygens (including phenoxy) is 1. The van der Waals surface area contributed by atoms with Crippen LogP contribution in [0.4, 0.5) is 0 Å². The van der Waals surface area contributed by atoms with Crippen LogP contribution in [0.3, 0.4) is 0 Å². The normalized spacial score (nSPS) is 24.8.